The quantitative estimate of drug-likeness (QED) is 0.525. The normalized spacial score (nSPS) is 22.1. The van der Waals surface area contributed by atoms with Crippen molar-refractivity contribution in [1.29, 1.82) is 5.26 Å². The Kier molecular flexibility index (Phi) is 5.36. The van der Waals surface area contributed by atoms with E-state index in [1.54, 1.807) is 23.2 Å². The van der Waals surface area contributed by atoms with Crippen LogP contribution in [0.15, 0.2) is 30.1 Å². The lowest BCUT2D eigenvalue weighted by atomic mass is 10.2. The number of carbonyl (C=O) groups excluding carboxylic acids is 1. The minimum Gasteiger partial charge on any atom is -0.372 e. The third-order valence-electron chi connectivity index (χ3n) is 3.19. The number of rotatable bonds is 3. The van der Waals surface area contributed by atoms with Gasteiger partial charge in [-0.2, -0.15) is 5.26 Å². The van der Waals surface area contributed by atoms with E-state index in [2.05, 4.69) is 10.3 Å². The molecule has 7 heteroatoms. The third kappa shape index (κ3) is 3.97. The van der Waals surface area contributed by atoms with Crippen molar-refractivity contribution in [3.63, 3.8) is 0 Å². The maximum absolute atomic E-state index is 12.4. The molecule has 0 radical (unpaired) electrons. The average molecular weight is 321 g/mol. The molecule has 2 unspecified atom stereocenters. The van der Waals surface area contributed by atoms with Gasteiger partial charge in [-0.1, -0.05) is 11.6 Å². The second-order valence-corrected chi connectivity index (χ2v) is 5.48. The van der Waals surface area contributed by atoms with E-state index < -0.39 is 0 Å². The number of anilines is 1. The van der Waals surface area contributed by atoms with Gasteiger partial charge in [-0.3, -0.25) is 4.79 Å². The summed E-state index contributed by atoms with van der Waals surface area (Å²) >= 11 is 5.92. The summed E-state index contributed by atoms with van der Waals surface area (Å²) in [6.45, 7) is 4.74. The smallest absolute Gasteiger partial charge is 0.266 e. The van der Waals surface area contributed by atoms with E-state index in [9.17, 15) is 10.1 Å². The van der Waals surface area contributed by atoms with Gasteiger partial charge < -0.3 is 15.0 Å². The van der Waals surface area contributed by atoms with Crippen LogP contribution in [0.1, 0.15) is 13.8 Å². The number of pyridine rings is 1. The molecule has 1 fully saturated rings. The molecule has 1 aliphatic rings. The van der Waals surface area contributed by atoms with Crippen LogP contribution in [0.3, 0.4) is 0 Å². The molecule has 1 aliphatic heterocycles. The molecule has 22 heavy (non-hydrogen) atoms. The lowest BCUT2D eigenvalue weighted by molar-refractivity contribution is -0.138. The monoisotopic (exact) mass is 320 g/mol. The van der Waals surface area contributed by atoms with Crippen molar-refractivity contribution in [2.75, 3.05) is 18.4 Å². The van der Waals surface area contributed by atoms with Crippen molar-refractivity contribution >= 4 is 23.2 Å². The maximum atomic E-state index is 12.4. The number of carbonyl (C=O) groups is 1. The Morgan fingerprint density at radius 2 is 2.23 bits per heavy atom. The Morgan fingerprint density at radius 3 is 2.82 bits per heavy atom. The Balaban J connectivity index is 2.10. The molecule has 0 saturated carbocycles. The Bertz CT molecular complexity index is 616. The Morgan fingerprint density at radius 1 is 1.55 bits per heavy atom. The summed E-state index contributed by atoms with van der Waals surface area (Å²) in [4.78, 5) is 18.0. The van der Waals surface area contributed by atoms with Crippen molar-refractivity contribution in [2.24, 2.45) is 0 Å². The van der Waals surface area contributed by atoms with Crippen molar-refractivity contribution in [3.05, 3.63) is 35.3 Å². The predicted octanol–water partition coefficient (Wildman–Crippen LogP) is 2.19. The Labute approximate surface area is 134 Å². The second kappa shape index (κ2) is 7.25. The zero-order chi connectivity index (χ0) is 16.1. The SMILES string of the molecule is CC1CN(C(=O)/C(C#N)=C\Nc2cccnc2Cl)CC(C)O1. The summed E-state index contributed by atoms with van der Waals surface area (Å²) < 4.78 is 5.59. The van der Waals surface area contributed by atoms with Crippen molar-refractivity contribution in [2.45, 2.75) is 26.1 Å². The van der Waals surface area contributed by atoms with E-state index in [-0.39, 0.29) is 28.8 Å². The number of aromatic nitrogens is 1. The number of hydrogen-bond donors (Lipinski definition) is 1. The van der Waals surface area contributed by atoms with Crippen LogP contribution >= 0.6 is 11.6 Å². The first-order valence-electron chi connectivity index (χ1n) is 6.93. The van der Waals surface area contributed by atoms with Crippen LogP contribution in [-0.2, 0) is 9.53 Å². The number of nitriles is 1. The molecule has 0 bridgehead atoms. The molecule has 0 aromatic carbocycles. The highest BCUT2D eigenvalue weighted by atomic mass is 35.5. The number of ether oxygens (including phenoxy) is 1. The molecular formula is C15H17ClN4O2. The van der Waals surface area contributed by atoms with E-state index in [1.165, 1.54) is 6.20 Å². The van der Waals surface area contributed by atoms with E-state index in [0.717, 1.165) is 0 Å². The molecule has 1 N–H and O–H groups in total. The van der Waals surface area contributed by atoms with Crippen molar-refractivity contribution < 1.29 is 9.53 Å². The molecule has 1 saturated heterocycles. The van der Waals surface area contributed by atoms with Gasteiger partial charge in [-0.15, -0.1) is 0 Å². The van der Waals surface area contributed by atoms with Gasteiger partial charge >= 0.3 is 0 Å². The van der Waals surface area contributed by atoms with Gasteiger partial charge in [-0.25, -0.2) is 4.98 Å². The summed E-state index contributed by atoms with van der Waals surface area (Å²) in [5, 5.41) is 12.3. The summed E-state index contributed by atoms with van der Waals surface area (Å²) in [7, 11) is 0. The highest BCUT2D eigenvalue weighted by molar-refractivity contribution is 6.32. The third-order valence-corrected chi connectivity index (χ3v) is 3.49. The number of hydrogen-bond acceptors (Lipinski definition) is 5. The zero-order valence-corrected chi connectivity index (χ0v) is 13.2. The van der Waals surface area contributed by atoms with Gasteiger partial charge in [0.05, 0.1) is 17.9 Å². The lowest BCUT2D eigenvalue weighted by Gasteiger charge is -2.35. The topological polar surface area (TPSA) is 78.3 Å². The van der Waals surface area contributed by atoms with E-state index in [0.29, 0.717) is 18.8 Å². The Hall–Kier alpha value is -2.10. The standard InChI is InChI=1S/C15H17ClN4O2/c1-10-8-20(9-11(2)22-10)15(21)12(6-17)7-19-13-4-3-5-18-14(13)16/h3-5,7,10-11,19H,8-9H2,1-2H3/b12-7-. The highest BCUT2D eigenvalue weighted by Crippen LogP contribution is 2.18. The molecule has 1 aromatic heterocycles. The van der Waals surface area contributed by atoms with Gasteiger partial charge in [0.2, 0.25) is 0 Å². The number of nitrogens with one attached hydrogen (secondary N) is 1. The van der Waals surface area contributed by atoms with Crippen LogP contribution in [-0.4, -0.2) is 41.1 Å². The first-order chi connectivity index (χ1) is 10.5. The van der Waals surface area contributed by atoms with Crippen LogP contribution in [0, 0.1) is 11.3 Å². The van der Waals surface area contributed by atoms with E-state index in [4.69, 9.17) is 16.3 Å². The first kappa shape index (κ1) is 16.3. The fourth-order valence-electron chi connectivity index (χ4n) is 2.30. The predicted molar refractivity (Wildman–Crippen MR) is 83.2 cm³/mol. The van der Waals surface area contributed by atoms with Gasteiger partial charge in [0.1, 0.15) is 11.6 Å². The molecule has 116 valence electrons. The first-order valence-corrected chi connectivity index (χ1v) is 7.31. The van der Waals surface area contributed by atoms with Crippen LogP contribution in [0.5, 0.6) is 0 Å². The molecule has 0 spiro atoms. The van der Waals surface area contributed by atoms with Crippen LogP contribution < -0.4 is 5.32 Å². The summed E-state index contributed by atoms with van der Waals surface area (Å²) in [6, 6.07) is 5.34. The van der Waals surface area contributed by atoms with Crippen LogP contribution in [0.25, 0.3) is 0 Å². The summed E-state index contributed by atoms with van der Waals surface area (Å²) in [5.41, 5.74) is 0.551. The minimum atomic E-state index is -0.322. The van der Waals surface area contributed by atoms with Crippen molar-refractivity contribution in [1.82, 2.24) is 9.88 Å². The second-order valence-electron chi connectivity index (χ2n) is 5.12. The number of halogens is 1. The fourth-order valence-corrected chi connectivity index (χ4v) is 2.47. The molecule has 2 atom stereocenters. The number of nitrogens with zero attached hydrogens (tertiary/aromatic N) is 3. The van der Waals surface area contributed by atoms with Gasteiger partial charge in [0.25, 0.3) is 5.91 Å². The van der Waals surface area contributed by atoms with Crippen LogP contribution in [0.2, 0.25) is 5.15 Å². The number of morpholine rings is 1. The van der Waals surface area contributed by atoms with Crippen molar-refractivity contribution in [3.8, 4) is 6.07 Å². The highest BCUT2D eigenvalue weighted by Gasteiger charge is 2.27. The minimum absolute atomic E-state index is 0.0150. The molecule has 1 amide bonds. The lowest BCUT2D eigenvalue weighted by Crippen LogP contribution is -2.48. The van der Waals surface area contributed by atoms with Crippen LogP contribution in [0.4, 0.5) is 5.69 Å². The average Bonchev–Trinajstić information content (AvgIpc) is 2.48. The molecule has 2 heterocycles. The summed E-state index contributed by atoms with van der Waals surface area (Å²) in [6.07, 6.45) is 2.82. The maximum Gasteiger partial charge on any atom is 0.266 e. The van der Waals surface area contributed by atoms with E-state index >= 15 is 0 Å². The molecule has 2 rings (SSSR count). The molecular weight excluding hydrogens is 304 g/mol. The van der Waals surface area contributed by atoms with Gasteiger partial charge in [-0.05, 0) is 26.0 Å². The molecule has 0 aliphatic carbocycles. The molecule has 1 aromatic rings. The van der Waals surface area contributed by atoms with E-state index in [1.807, 2.05) is 19.9 Å². The number of amides is 1. The molecule has 6 nitrogen and oxygen atoms in total. The van der Waals surface area contributed by atoms with Gasteiger partial charge in [0, 0.05) is 25.5 Å². The van der Waals surface area contributed by atoms with Gasteiger partial charge in [0.15, 0.2) is 5.15 Å². The zero-order valence-electron chi connectivity index (χ0n) is 12.4. The fraction of sp³-hybridized carbons (Fsp3) is 0.400. The summed E-state index contributed by atoms with van der Waals surface area (Å²) in [5.74, 6) is -0.322. The largest absolute Gasteiger partial charge is 0.372 e.